The molecule has 2 heterocycles. The normalized spacial score (nSPS) is 18.6. The molecule has 1 aliphatic heterocycles. The van der Waals surface area contributed by atoms with Crippen molar-refractivity contribution < 1.29 is 9.53 Å². The van der Waals surface area contributed by atoms with Crippen LogP contribution in [0.3, 0.4) is 0 Å². The number of carbonyl (C=O) groups excluding carboxylic acids is 1. The number of aryl methyl sites for hydroxylation is 2. The van der Waals surface area contributed by atoms with Crippen molar-refractivity contribution in [1.29, 1.82) is 0 Å². The summed E-state index contributed by atoms with van der Waals surface area (Å²) in [6.07, 6.45) is 2.17. The summed E-state index contributed by atoms with van der Waals surface area (Å²) in [7, 11) is 0. The summed E-state index contributed by atoms with van der Waals surface area (Å²) >= 11 is 0. The Bertz CT molecular complexity index is 490. The highest BCUT2D eigenvalue weighted by Gasteiger charge is 2.24. The third-order valence-electron chi connectivity index (χ3n) is 3.83. The molecule has 0 aliphatic carbocycles. The average Bonchev–Trinajstić information content (AvgIpc) is 2.48. The van der Waals surface area contributed by atoms with Crippen molar-refractivity contribution in [3.8, 4) is 0 Å². The fourth-order valence-corrected chi connectivity index (χ4v) is 2.68. The molecule has 2 amide bonds. The van der Waals surface area contributed by atoms with E-state index >= 15 is 0 Å². The molecule has 1 aromatic heterocycles. The second kappa shape index (κ2) is 7.41. The fraction of sp³-hybridized carbons (Fsp3) is 0.625. The summed E-state index contributed by atoms with van der Waals surface area (Å²) in [5.74, 6) is 0.446. The summed E-state index contributed by atoms with van der Waals surface area (Å²) in [6, 6.07) is 3.79. The number of nitrogens with zero attached hydrogens (tertiary/aromatic N) is 2. The van der Waals surface area contributed by atoms with E-state index in [9.17, 15) is 4.79 Å². The third-order valence-corrected chi connectivity index (χ3v) is 3.83. The number of rotatable bonds is 4. The van der Waals surface area contributed by atoms with E-state index in [2.05, 4.69) is 10.3 Å². The molecule has 116 valence electrons. The zero-order chi connectivity index (χ0) is 15.2. The van der Waals surface area contributed by atoms with E-state index in [0.29, 0.717) is 5.92 Å². The average molecular weight is 291 g/mol. The van der Waals surface area contributed by atoms with Gasteiger partial charge in [0.25, 0.3) is 0 Å². The molecule has 1 unspecified atom stereocenters. The molecule has 0 aromatic carbocycles. The van der Waals surface area contributed by atoms with Crippen molar-refractivity contribution in [2.45, 2.75) is 33.6 Å². The predicted octanol–water partition coefficient (Wildman–Crippen LogP) is 2.98. The zero-order valence-electron chi connectivity index (χ0n) is 13.2. The molecule has 0 spiro atoms. The first kappa shape index (κ1) is 15.8. The van der Waals surface area contributed by atoms with Crippen LogP contribution in [0.4, 0.5) is 10.5 Å². The van der Waals surface area contributed by atoms with E-state index in [-0.39, 0.29) is 6.03 Å². The summed E-state index contributed by atoms with van der Waals surface area (Å²) in [5.41, 5.74) is 2.60. The first-order valence-corrected chi connectivity index (χ1v) is 7.68. The number of pyridine rings is 1. The van der Waals surface area contributed by atoms with Gasteiger partial charge in [0.2, 0.25) is 0 Å². The monoisotopic (exact) mass is 291 g/mol. The van der Waals surface area contributed by atoms with Crippen LogP contribution in [0, 0.1) is 19.8 Å². The first-order valence-electron chi connectivity index (χ1n) is 7.68. The molecule has 1 saturated heterocycles. The van der Waals surface area contributed by atoms with Gasteiger partial charge in [0, 0.05) is 31.3 Å². The Morgan fingerprint density at radius 1 is 1.48 bits per heavy atom. The van der Waals surface area contributed by atoms with Crippen molar-refractivity contribution in [3.63, 3.8) is 0 Å². The van der Waals surface area contributed by atoms with Gasteiger partial charge in [-0.25, -0.2) is 4.79 Å². The molecule has 1 fully saturated rings. The molecule has 1 aliphatic rings. The minimum atomic E-state index is -0.0371. The number of likely N-dealkylation sites (tertiary alicyclic amines) is 1. The quantitative estimate of drug-likeness (QED) is 0.928. The number of ether oxygens (including phenoxy) is 1. The van der Waals surface area contributed by atoms with Crippen LogP contribution in [0.2, 0.25) is 0 Å². The fourth-order valence-electron chi connectivity index (χ4n) is 2.68. The second-order valence-corrected chi connectivity index (χ2v) is 5.63. The Labute approximate surface area is 126 Å². The van der Waals surface area contributed by atoms with Crippen LogP contribution >= 0.6 is 0 Å². The van der Waals surface area contributed by atoms with E-state index in [1.165, 1.54) is 0 Å². The Balaban J connectivity index is 1.93. The van der Waals surface area contributed by atoms with Gasteiger partial charge in [0.05, 0.1) is 18.0 Å². The van der Waals surface area contributed by atoms with Crippen LogP contribution in [-0.4, -0.2) is 42.2 Å². The van der Waals surface area contributed by atoms with Gasteiger partial charge < -0.3 is 15.0 Å². The lowest BCUT2D eigenvalue weighted by molar-refractivity contribution is 0.0777. The maximum Gasteiger partial charge on any atom is 0.321 e. The third kappa shape index (κ3) is 4.43. The predicted molar refractivity (Wildman–Crippen MR) is 83.5 cm³/mol. The van der Waals surface area contributed by atoms with Crippen LogP contribution in [0.1, 0.15) is 31.2 Å². The molecule has 2 rings (SSSR count). The van der Waals surface area contributed by atoms with Crippen LogP contribution in [0.5, 0.6) is 0 Å². The van der Waals surface area contributed by atoms with E-state index in [0.717, 1.165) is 56.2 Å². The topological polar surface area (TPSA) is 54.5 Å². The van der Waals surface area contributed by atoms with Crippen LogP contribution in [0.15, 0.2) is 12.1 Å². The first-order chi connectivity index (χ1) is 10.1. The molecule has 0 bridgehead atoms. The highest BCUT2D eigenvalue weighted by molar-refractivity contribution is 5.89. The van der Waals surface area contributed by atoms with Gasteiger partial charge in [0.15, 0.2) is 0 Å². The van der Waals surface area contributed by atoms with Crippen LogP contribution in [0.25, 0.3) is 0 Å². The van der Waals surface area contributed by atoms with Crippen molar-refractivity contribution in [2.75, 3.05) is 31.6 Å². The van der Waals surface area contributed by atoms with Crippen molar-refractivity contribution in [1.82, 2.24) is 9.88 Å². The van der Waals surface area contributed by atoms with Crippen LogP contribution < -0.4 is 5.32 Å². The Morgan fingerprint density at radius 3 is 3.00 bits per heavy atom. The number of amides is 2. The van der Waals surface area contributed by atoms with Crippen LogP contribution in [-0.2, 0) is 4.74 Å². The number of hydrogen-bond acceptors (Lipinski definition) is 3. The highest BCUT2D eigenvalue weighted by Crippen LogP contribution is 2.19. The van der Waals surface area contributed by atoms with Gasteiger partial charge in [-0.3, -0.25) is 4.98 Å². The standard InChI is InChI=1S/C16H25N3O2/c1-4-21-11-14-6-5-9-19(10-14)16(20)18-15-8-7-12(2)17-13(15)3/h7-8,14H,4-6,9-11H2,1-3H3,(H,18,20). The lowest BCUT2D eigenvalue weighted by Crippen LogP contribution is -2.43. The van der Waals surface area contributed by atoms with Gasteiger partial charge in [0.1, 0.15) is 0 Å². The van der Waals surface area contributed by atoms with E-state index < -0.39 is 0 Å². The van der Waals surface area contributed by atoms with E-state index in [4.69, 9.17) is 4.74 Å². The van der Waals surface area contributed by atoms with Gasteiger partial charge >= 0.3 is 6.03 Å². The number of piperidine rings is 1. The number of aromatic nitrogens is 1. The smallest absolute Gasteiger partial charge is 0.321 e. The SMILES string of the molecule is CCOCC1CCCN(C(=O)Nc2ccc(C)nc2C)C1. The van der Waals surface area contributed by atoms with Gasteiger partial charge in [-0.2, -0.15) is 0 Å². The molecular formula is C16H25N3O2. The van der Waals surface area contributed by atoms with Gasteiger partial charge in [-0.05, 0) is 45.7 Å². The highest BCUT2D eigenvalue weighted by atomic mass is 16.5. The number of urea groups is 1. The maximum atomic E-state index is 12.4. The molecular weight excluding hydrogens is 266 g/mol. The van der Waals surface area contributed by atoms with E-state index in [1.54, 1.807) is 0 Å². The summed E-state index contributed by atoms with van der Waals surface area (Å²) in [5, 5.41) is 2.97. The van der Waals surface area contributed by atoms with Crippen molar-refractivity contribution in [2.24, 2.45) is 5.92 Å². The minimum absolute atomic E-state index is 0.0371. The minimum Gasteiger partial charge on any atom is -0.381 e. The summed E-state index contributed by atoms with van der Waals surface area (Å²) < 4.78 is 5.48. The molecule has 1 N–H and O–H groups in total. The molecule has 5 heteroatoms. The number of hydrogen-bond donors (Lipinski definition) is 1. The van der Waals surface area contributed by atoms with Crippen molar-refractivity contribution in [3.05, 3.63) is 23.5 Å². The molecule has 5 nitrogen and oxygen atoms in total. The summed E-state index contributed by atoms with van der Waals surface area (Å²) in [6.45, 7) is 8.91. The lowest BCUT2D eigenvalue weighted by Gasteiger charge is -2.32. The van der Waals surface area contributed by atoms with Crippen molar-refractivity contribution >= 4 is 11.7 Å². The summed E-state index contributed by atoms with van der Waals surface area (Å²) in [4.78, 5) is 18.6. The second-order valence-electron chi connectivity index (χ2n) is 5.63. The number of anilines is 1. The molecule has 0 saturated carbocycles. The van der Waals surface area contributed by atoms with Gasteiger partial charge in [-0.15, -0.1) is 0 Å². The Hall–Kier alpha value is -1.62. The molecule has 1 aromatic rings. The Kier molecular flexibility index (Phi) is 5.56. The van der Waals surface area contributed by atoms with E-state index in [1.807, 2.05) is 37.8 Å². The largest absolute Gasteiger partial charge is 0.381 e. The number of nitrogens with one attached hydrogen (secondary N) is 1. The number of carbonyl (C=O) groups is 1. The maximum absolute atomic E-state index is 12.4. The van der Waals surface area contributed by atoms with Gasteiger partial charge in [-0.1, -0.05) is 0 Å². The zero-order valence-corrected chi connectivity index (χ0v) is 13.2. The molecule has 1 atom stereocenters. The lowest BCUT2D eigenvalue weighted by atomic mass is 9.99. The molecule has 21 heavy (non-hydrogen) atoms. The molecule has 0 radical (unpaired) electrons. The Morgan fingerprint density at radius 2 is 2.29 bits per heavy atom.